The SMILES string of the molecule is Cc1ccc(-c2nnnn2CC2(C(=O)O)CCC2)cc1Cl. The van der Waals surface area contributed by atoms with Crippen LogP contribution in [0.3, 0.4) is 0 Å². The number of carbonyl (C=O) groups is 1. The minimum Gasteiger partial charge on any atom is -0.481 e. The Morgan fingerprint density at radius 3 is 2.81 bits per heavy atom. The van der Waals surface area contributed by atoms with Gasteiger partial charge in [0.1, 0.15) is 0 Å². The Bertz CT molecular complexity index is 694. The average Bonchev–Trinajstić information content (AvgIpc) is 2.84. The van der Waals surface area contributed by atoms with Crippen LogP contribution in [0.25, 0.3) is 11.4 Å². The summed E-state index contributed by atoms with van der Waals surface area (Å²) in [5.74, 6) is -0.235. The van der Waals surface area contributed by atoms with Gasteiger partial charge >= 0.3 is 5.97 Å². The van der Waals surface area contributed by atoms with Crippen LogP contribution in [0.4, 0.5) is 0 Å². The molecule has 1 aromatic carbocycles. The van der Waals surface area contributed by atoms with Crippen LogP contribution < -0.4 is 0 Å². The second-order valence-corrected chi connectivity index (χ2v) is 5.97. The van der Waals surface area contributed by atoms with Gasteiger partial charge in [-0.05, 0) is 41.8 Å². The van der Waals surface area contributed by atoms with Gasteiger partial charge in [-0.1, -0.05) is 30.2 Å². The maximum Gasteiger partial charge on any atom is 0.311 e. The van der Waals surface area contributed by atoms with E-state index in [0.29, 0.717) is 23.7 Å². The molecule has 0 bridgehead atoms. The highest BCUT2D eigenvalue weighted by molar-refractivity contribution is 6.31. The highest BCUT2D eigenvalue weighted by atomic mass is 35.5. The molecule has 0 atom stereocenters. The number of rotatable bonds is 4. The number of benzene rings is 1. The third kappa shape index (κ3) is 2.40. The summed E-state index contributed by atoms with van der Waals surface area (Å²) in [5.41, 5.74) is 1.02. The number of halogens is 1. The Morgan fingerprint density at radius 2 is 2.24 bits per heavy atom. The van der Waals surface area contributed by atoms with Gasteiger partial charge in [0.25, 0.3) is 0 Å². The topological polar surface area (TPSA) is 80.9 Å². The zero-order chi connectivity index (χ0) is 15.0. The first-order valence-electron chi connectivity index (χ1n) is 6.78. The average molecular weight is 307 g/mol. The van der Waals surface area contributed by atoms with E-state index in [1.807, 2.05) is 19.1 Å². The van der Waals surface area contributed by atoms with Crippen LogP contribution in [0.15, 0.2) is 18.2 Å². The number of carboxylic acid groups (broad SMARTS) is 1. The minimum atomic E-state index is -0.780. The Hall–Kier alpha value is -1.95. The number of tetrazole rings is 1. The second-order valence-electron chi connectivity index (χ2n) is 5.56. The molecule has 0 amide bonds. The van der Waals surface area contributed by atoms with Crippen molar-refractivity contribution in [3.63, 3.8) is 0 Å². The first-order chi connectivity index (χ1) is 10.0. The van der Waals surface area contributed by atoms with Crippen molar-refractivity contribution < 1.29 is 9.90 Å². The molecule has 1 aliphatic rings. The zero-order valence-electron chi connectivity index (χ0n) is 11.6. The summed E-state index contributed by atoms with van der Waals surface area (Å²) in [6.07, 6.45) is 2.26. The van der Waals surface area contributed by atoms with Gasteiger partial charge in [0.05, 0.1) is 12.0 Å². The Balaban J connectivity index is 1.94. The van der Waals surface area contributed by atoms with Crippen molar-refractivity contribution >= 4 is 17.6 Å². The molecule has 0 spiro atoms. The quantitative estimate of drug-likeness (QED) is 0.939. The van der Waals surface area contributed by atoms with Gasteiger partial charge in [-0.25, -0.2) is 4.68 Å². The van der Waals surface area contributed by atoms with E-state index in [0.717, 1.165) is 17.5 Å². The number of hydrogen-bond donors (Lipinski definition) is 1. The Morgan fingerprint density at radius 1 is 1.48 bits per heavy atom. The molecular formula is C14H15ClN4O2. The molecule has 21 heavy (non-hydrogen) atoms. The van der Waals surface area contributed by atoms with Crippen LogP contribution in [0.5, 0.6) is 0 Å². The third-order valence-electron chi connectivity index (χ3n) is 4.18. The molecule has 2 aromatic rings. The fourth-order valence-electron chi connectivity index (χ4n) is 2.58. The molecule has 1 heterocycles. The molecule has 6 nitrogen and oxygen atoms in total. The highest BCUT2D eigenvalue weighted by Crippen LogP contribution is 2.43. The maximum atomic E-state index is 11.5. The van der Waals surface area contributed by atoms with Gasteiger partial charge < -0.3 is 5.11 Å². The summed E-state index contributed by atoms with van der Waals surface area (Å²) in [6, 6.07) is 5.58. The molecule has 1 N–H and O–H groups in total. The van der Waals surface area contributed by atoms with Gasteiger partial charge in [-0.2, -0.15) is 0 Å². The molecule has 1 saturated carbocycles. The summed E-state index contributed by atoms with van der Waals surface area (Å²) in [7, 11) is 0. The molecule has 3 rings (SSSR count). The van der Waals surface area contributed by atoms with Crippen molar-refractivity contribution in [2.45, 2.75) is 32.7 Å². The summed E-state index contributed by atoms with van der Waals surface area (Å²) in [5, 5.41) is 21.7. The Kier molecular flexibility index (Phi) is 3.41. The van der Waals surface area contributed by atoms with Crippen molar-refractivity contribution in [1.82, 2.24) is 20.2 Å². The van der Waals surface area contributed by atoms with Gasteiger partial charge in [0, 0.05) is 10.6 Å². The predicted molar refractivity (Wildman–Crippen MR) is 76.9 cm³/mol. The molecule has 0 aliphatic heterocycles. The molecular weight excluding hydrogens is 292 g/mol. The van der Waals surface area contributed by atoms with Gasteiger partial charge in [-0.15, -0.1) is 5.10 Å². The number of aryl methyl sites for hydroxylation is 1. The van der Waals surface area contributed by atoms with Crippen molar-refractivity contribution in [1.29, 1.82) is 0 Å². The standard InChI is InChI=1S/C14H15ClN4O2/c1-9-3-4-10(7-11(9)15)12-16-17-18-19(12)8-14(13(20)21)5-2-6-14/h3-4,7H,2,5-6,8H2,1H3,(H,20,21). The molecule has 1 fully saturated rings. The fourth-order valence-corrected chi connectivity index (χ4v) is 2.76. The van der Waals surface area contributed by atoms with Crippen LogP contribution in [0.1, 0.15) is 24.8 Å². The minimum absolute atomic E-state index is 0.288. The summed E-state index contributed by atoms with van der Waals surface area (Å²) < 4.78 is 1.56. The van der Waals surface area contributed by atoms with E-state index in [-0.39, 0.29) is 6.54 Å². The van der Waals surface area contributed by atoms with Crippen molar-refractivity contribution in [3.05, 3.63) is 28.8 Å². The Labute approximate surface area is 126 Å². The van der Waals surface area contributed by atoms with Gasteiger partial charge in [0.2, 0.25) is 0 Å². The zero-order valence-corrected chi connectivity index (χ0v) is 12.3. The van der Waals surface area contributed by atoms with E-state index >= 15 is 0 Å². The number of nitrogens with zero attached hydrogens (tertiary/aromatic N) is 4. The second kappa shape index (κ2) is 5.11. The van der Waals surface area contributed by atoms with E-state index < -0.39 is 11.4 Å². The van der Waals surface area contributed by atoms with Crippen LogP contribution >= 0.6 is 11.6 Å². The smallest absolute Gasteiger partial charge is 0.311 e. The van der Waals surface area contributed by atoms with Crippen molar-refractivity contribution in [2.24, 2.45) is 5.41 Å². The molecule has 0 unspecified atom stereocenters. The first kappa shape index (κ1) is 14.0. The van der Waals surface area contributed by atoms with E-state index in [4.69, 9.17) is 11.6 Å². The largest absolute Gasteiger partial charge is 0.481 e. The molecule has 7 heteroatoms. The van der Waals surface area contributed by atoms with Crippen LogP contribution in [0.2, 0.25) is 5.02 Å². The lowest BCUT2D eigenvalue weighted by Crippen LogP contribution is -2.42. The normalized spacial score (nSPS) is 16.5. The number of aliphatic carboxylic acids is 1. The lowest BCUT2D eigenvalue weighted by atomic mass is 9.69. The number of hydrogen-bond acceptors (Lipinski definition) is 4. The molecule has 110 valence electrons. The predicted octanol–water partition coefficient (Wildman–Crippen LogP) is 2.56. The van der Waals surface area contributed by atoms with Crippen molar-refractivity contribution in [3.8, 4) is 11.4 Å². The van der Waals surface area contributed by atoms with Gasteiger partial charge in [0.15, 0.2) is 5.82 Å². The lowest BCUT2D eigenvalue weighted by Gasteiger charge is -2.37. The van der Waals surface area contributed by atoms with Gasteiger partial charge in [-0.3, -0.25) is 4.79 Å². The number of aromatic nitrogens is 4. The summed E-state index contributed by atoms with van der Waals surface area (Å²) >= 11 is 6.13. The lowest BCUT2D eigenvalue weighted by molar-refractivity contribution is -0.156. The monoisotopic (exact) mass is 306 g/mol. The van der Waals surface area contributed by atoms with E-state index in [1.54, 1.807) is 10.7 Å². The number of carboxylic acids is 1. The van der Waals surface area contributed by atoms with Crippen LogP contribution in [-0.4, -0.2) is 31.3 Å². The summed E-state index contributed by atoms with van der Waals surface area (Å²) in [6.45, 7) is 2.21. The third-order valence-corrected chi connectivity index (χ3v) is 4.59. The van der Waals surface area contributed by atoms with E-state index in [2.05, 4.69) is 15.5 Å². The van der Waals surface area contributed by atoms with E-state index in [9.17, 15) is 9.90 Å². The van der Waals surface area contributed by atoms with Crippen LogP contribution in [0, 0.1) is 12.3 Å². The first-order valence-corrected chi connectivity index (χ1v) is 7.16. The fraction of sp³-hybridized carbons (Fsp3) is 0.429. The molecule has 1 aliphatic carbocycles. The van der Waals surface area contributed by atoms with E-state index in [1.165, 1.54) is 0 Å². The highest BCUT2D eigenvalue weighted by Gasteiger charge is 2.45. The molecule has 1 aromatic heterocycles. The van der Waals surface area contributed by atoms with Crippen LogP contribution in [-0.2, 0) is 11.3 Å². The molecule has 0 radical (unpaired) electrons. The summed E-state index contributed by atoms with van der Waals surface area (Å²) in [4.78, 5) is 11.5. The van der Waals surface area contributed by atoms with Crippen molar-refractivity contribution in [2.75, 3.05) is 0 Å². The maximum absolute atomic E-state index is 11.5. The molecule has 0 saturated heterocycles.